The van der Waals surface area contributed by atoms with Crippen molar-refractivity contribution in [3.05, 3.63) is 41.2 Å². The van der Waals surface area contributed by atoms with Crippen LogP contribution in [0.4, 0.5) is 5.82 Å². The Balaban J connectivity index is 2.21. The Bertz CT molecular complexity index is 974. The van der Waals surface area contributed by atoms with Crippen LogP contribution < -0.4 is 5.32 Å². The number of hydrogen-bond donors (Lipinski definition) is 2. The van der Waals surface area contributed by atoms with E-state index in [4.69, 9.17) is 9.97 Å². The van der Waals surface area contributed by atoms with Crippen LogP contribution in [-0.4, -0.2) is 33.3 Å². The number of rotatable bonds is 7. The lowest BCUT2D eigenvalue weighted by Crippen LogP contribution is -2.03. The standard InChI is InChI=1S/C23H32N4O/c1-7-16-12-18-19(15(4)10-11-28)13-27(6)23(18)26-21(16)17-8-9-20(14(2)3)25-22(17)24-5/h8-9,12-15,28H,7,10-11H2,1-6H3,(H,24,25)/t15-/m1/s1. The first-order chi connectivity index (χ1) is 13.4. The lowest BCUT2D eigenvalue weighted by Gasteiger charge is -2.15. The molecule has 0 spiro atoms. The molecule has 150 valence electrons. The molecule has 0 aromatic carbocycles. The highest BCUT2D eigenvalue weighted by molar-refractivity contribution is 5.87. The van der Waals surface area contributed by atoms with Crippen LogP contribution in [0.15, 0.2) is 24.4 Å². The monoisotopic (exact) mass is 380 g/mol. The number of nitrogens with one attached hydrogen (secondary N) is 1. The molecule has 0 saturated heterocycles. The van der Waals surface area contributed by atoms with E-state index in [9.17, 15) is 5.11 Å². The topological polar surface area (TPSA) is 63.0 Å². The zero-order valence-corrected chi connectivity index (χ0v) is 17.9. The second kappa shape index (κ2) is 8.31. The molecule has 3 rings (SSSR count). The maximum Gasteiger partial charge on any atom is 0.140 e. The fraction of sp³-hybridized carbons (Fsp3) is 0.478. The number of nitrogens with zero attached hydrogens (tertiary/aromatic N) is 3. The second-order valence-corrected chi connectivity index (χ2v) is 7.87. The summed E-state index contributed by atoms with van der Waals surface area (Å²) in [5.74, 6) is 1.55. The van der Waals surface area contributed by atoms with Crippen molar-refractivity contribution in [2.45, 2.75) is 52.4 Å². The normalized spacial score (nSPS) is 12.7. The van der Waals surface area contributed by atoms with Crippen LogP contribution in [0.2, 0.25) is 0 Å². The summed E-state index contributed by atoms with van der Waals surface area (Å²) in [7, 11) is 3.95. The predicted octanol–water partition coefficient (Wildman–Crippen LogP) is 4.85. The van der Waals surface area contributed by atoms with E-state index in [0.29, 0.717) is 11.8 Å². The van der Waals surface area contributed by atoms with E-state index < -0.39 is 0 Å². The van der Waals surface area contributed by atoms with Crippen molar-refractivity contribution in [1.29, 1.82) is 0 Å². The van der Waals surface area contributed by atoms with Gasteiger partial charge in [0.2, 0.25) is 0 Å². The fourth-order valence-corrected chi connectivity index (χ4v) is 3.79. The highest BCUT2D eigenvalue weighted by atomic mass is 16.3. The molecule has 2 N–H and O–H groups in total. The zero-order chi connectivity index (χ0) is 20.4. The highest BCUT2D eigenvalue weighted by Crippen LogP contribution is 2.35. The molecule has 0 aliphatic carbocycles. The smallest absolute Gasteiger partial charge is 0.140 e. The number of pyridine rings is 2. The average Bonchev–Trinajstić information content (AvgIpc) is 3.02. The molecule has 0 unspecified atom stereocenters. The Morgan fingerprint density at radius 1 is 1.18 bits per heavy atom. The van der Waals surface area contributed by atoms with Gasteiger partial charge in [0.15, 0.2) is 0 Å². The Hall–Kier alpha value is -2.40. The molecule has 0 fully saturated rings. The maximum absolute atomic E-state index is 9.35. The molecule has 0 amide bonds. The van der Waals surface area contributed by atoms with Gasteiger partial charge in [-0.25, -0.2) is 9.97 Å². The molecule has 5 heteroatoms. The highest BCUT2D eigenvalue weighted by Gasteiger charge is 2.19. The molecule has 1 atom stereocenters. The molecule has 3 aromatic rings. The minimum absolute atomic E-state index is 0.198. The van der Waals surface area contributed by atoms with Crippen molar-refractivity contribution < 1.29 is 5.11 Å². The summed E-state index contributed by atoms with van der Waals surface area (Å²) >= 11 is 0. The van der Waals surface area contributed by atoms with Crippen LogP contribution >= 0.6 is 0 Å². The van der Waals surface area contributed by atoms with E-state index in [1.807, 2.05) is 14.1 Å². The van der Waals surface area contributed by atoms with Gasteiger partial charge in [0, 0.05) is 43.5 Å². The second-order valence-electron chi connectivity index (χ2n) is 7.87. The zero-order valence-electron chi connectivity index (χ0n) is 17.9. The Labute approximate surface area is 167 Å². The van der Waals surface area contributed by atoms with Gasteiger partial charge < -0.3 is 15.0 Å². The van der Waals surface area contributed by atoms with Gasteiger partial charge in [0.1, 0.15) is 11.5 Å². The van der Waals surface area contributed by atoms with Crippen molar-refractivity contribution in [1.82, 2.24) is 14.5 Å². The van der Waals surface area contributed by atoms with Crippen molar-refractivity contribution >= 4 is 16.9 Å². The molecular weight excluding hydrogens is 348 g/mol. The van der Waals surface area contributed by atoms with Gasteiger partial charge in [-0.1, -0.05) is 27.7 Å². The van der Waals surface area contributed by atoms with E-state index in [-0.39, 0.29) is 6.61 Å². The summed E-state index contributed by atoms with van der Waals surface area (Å²) in [5.41, 5.74) is 6.55. The van der Waals surface area contributed by atoms with Gasteiger partial charge in [0.05, 0.1) is 5.69 Å². The summed E-state index contributed by atoms with van der Waals surface area (Å²) < 4.78 is 2.09. The first-order valence-corrected chi connectivity index (χ1v) is 10.2. The summed E-state index contributed by atoms with van der Waals surface area (Å²) in [6.07, 6.45) is 3.81. The van der Waals surface area contributed by atoms with Crippen molar-refractivity contribution in [2.75, 3.05) is 19.0 Å². The molecule has 0 bridgehead atoms. The van der Waals surface area contributed by atoms with Gasteiger partial charge >= 0.3 is 0 Å². The Kier molecular flexibility index (Phi) is 6.04. The number of hydrogen-bond acceptors (Lipinski definition) is 4. The molecular formula is C23H32N4O. The van der Waals surface area contributed by atoms with E-state index in [0.717, 1.165) is 41.3 Å². The molecule has 28 heavy (non-hydrogen) atoms. The lowest BCUT2D eigenvalue weighted by atomic mass is 9.96. The third kappa shape index (κ3) is 3.63. The van der Waals surface area contributed by atoms with Crippen molar-refractivity contribution in [2.24, 2.45) is 7.05 Å². The molecule has 0 aliphatic heterocycles. The predicted molar refractivity (Wildman–Crippen MR) is 117 cm³/mol. The summed E-state index contributed by atoms with van der Waals surface area (Å²) in [6.45, 7) is 8.84. The van der Waals surface area contributed by atoms with Gasteiger partial charge in [-0.15, -0.1) is 0 Å². The number of fused-ring (bicyclic) bond motifs is 1. The number of anilines is 1. The molecule has 3 aromatic heterocycles. The molecule has 3 heterocycles. The van der Waals surface area contributed by atoms with Crippen LogP contribution in [0, 0.1) is 0 Å². The number of aliphatic hydroxyl groups excluding tert-OH is 1. The van der Waals surface area contributed by atoms with E-state index in [1.165, 1.54) is 16.5 Å². The van der Waals surface area contributed by atoms with Crippen LogP contribution in [0.5, 0.6) is 0 Å². The van der Waals surface area contributed by atoms with Crippen LogP contribution in [0.25, 0.3) is 22.3 Å². The van der Waals surface area contributed by atoms with Crippen molar-refractivity contribution in [3.8, 4) is 11.3 Å². The van der Waals surface area contributed by atoms with Crippen molar-refractivity contribution in [3.63, 3.8) is 0 Å². The third-order valence-electron chi connectivity index (χ3n) is 5.53. The number of aromatic nitrogens is 3. The SMILES string of the molecule is CCc1cc2c([C@H](C)CCO)cn(C)c2nc1-c1ccc(C(C)C)nc1NC. The van der Waals surface area contributed by atoms with Gasteiger partial charge in [-0.2, -0.15) is 0 Å². The van der Waals surface area contributed by atoms with Crippen LogP contribution in [-0.2, 0) is 13.5 Å². The van der Waals surface area contributed by atoms with E-state index in [2.05, 4.69) is 62.0 Å². The fourth-order valence-electron chi connectivity index (χ4n) is 3.79. The van der Waals surface area contributed by atoms with Gasteiger partial charge in [0.25, 0.3) is 0 Å². The third-order valence-corrected chi connectivity index (χ3v) is 5.53. The Morgan fingerprint density at radius 3 is 2.54 bits per heavy atom. The largest absolute Gasteiger partial charge is 0.396 e. The summed E-state index contributed by atoms with van der Waals surface area (Å²) in [4.78, 5) is 9.90. The average molecular weight is 381 g/mol. The first-order valence-electron chi connectivity index (χ1n) is 10.2. The van der Waals surface area contributed by atoms with Gasteiger partial charge in [-0.05, 0) is 54.0 Å². The van der Waals surface area contributed by atoms with E-state index >= 15 is 0 Å². The molecule has 0 saturated carbocycles. The molecule has 0 aliphatic rings. The van der Waals surface area contributed by atoms with Crippen LogP contribution in [0.1, 0.15) is 62.8 Å². The summed E-state index contributed by atoms with van der Waals surface area (Å²) in [6, 6.07) is 6.52. The summed E-state index contributed by atoms with van der Waals surface area (Å²) in [5, 5.41) is 13.8. The first kappa shape index (κ1) is 20.3. The quantitative estimate of drug-likeness (QED) is 0.615. The molecule has 5 nitrogen and oxygen atoms in total. The Morgan fingerprint density at radius 2 is 1.93 bits per heavy atom. The van der Waals surface area contributed by atoms with Gasteiger partial charge in [-0.3, -0.25) is 0 Å². The minimum atomic E-state index is 0.198. The molecule has 0 radical (unpaired) electrons. The van der Waals surface area contributed by atoms with Crippen LogP contribution in [0.3, 0.4) is 0 Å². The number of aliphatic hydroxyl groups is 1. The number of aryl methyl sites for hydroxylation is 2. The maximum atomic E-state index is 9.35. The minimum Gasteiger partial charge on any atom is -0.396 e. The lowest BCUT2D eigenvalue weighted by molar-refractivity contribution is 0.279. The van der Waals surface area contributed by atoms with E-state index in [1.54, 1.807) is 0 Å².